The lowest BCUT2D eigenvalue weighted by atomic mass is 10.2. The van der Waals surface area contributed by atoms with Crippen molar-refractivity contribution < 1.29 is 18.3 Å². The second-order valence-corrected chi connectivity index (χ2v) is 7.52. The number of nitrogens with zero attached hydrogens (tertiary/aromatic N) is 1. The summed E-state index contributed by atoms with van der Waals surface area (Å²) in [5, 5.41) is 12.3. The summed E-state index contributed by atoms with van der Waals surface area (Å²) in [6, 6.07) is -0.373. The van der Waals surface area contributed by atoms with Gasteiger partial charge < -0.3 is 10.4 Å². The number of hydrogen-bond donors (Lipinski definition) is 2. The monoisotopic (exact) mass is 276 g/mol. The Kier molecular flexibility index (Phi) is 3.93. The van der Waals surface area contributed by atoms with Crippen LogP contribution in [0.4, 0.5) is 0 Å². The summed E-state index contributed by atoms with van der Waals surface area (Å²) in [5.74, 6) is -0.599. The first kappa shape index (κ1) is 13.8. The Morgan fingerprint density at radius 3 is 2.67 bits per heavy atom. The molecule has 1 aliphatic heterocycles. The van der Waals surface area contributed by atoms with E-state index in [1.54, 1.807) is 0 Å². The number of nitrogens with one attached hydrogen (secondary N) is 1. The van der Waals surface area contributed by atoms with Gasteiger partial charge in [0.25, 0.3) is 0 Å². The van der Waals surface area contributed by atoms with Gasteiger partial charge in [-0.15, -0.1) is 0 Å². The third kappa shape index (κ3) is 3.66. The third-order valence-electron chi connectivity index (χ3n) is 3.54. The summed E-state index contributed by atoms with van der Waals surface area (Å²) in [7, 11) is -2.94. The van der Waals surface area contributed by atoms with Crippen LogP contribution in [0.15, 0.2) is 0 Å². The number of aliphatic carboxylic acids is 1. The average Bonchev–Trinajstić information content (AvgIpc) is 3.03. The molecule has 18 heavy (non-hydrogen) atoms. The molecular weight excluding hydrogens is 256 g/mol. The van der Waals surface area contributed by atoms with Crippen LogP contribution in [0.25, 0.3) is 0 Å². The van der Waals surface area contributed by atoms with E-state index in [1.807, 2.05) is 11.8 Å². The molecule has 1 saturated heterocycles. The van der Waals surface area contributed by atoms with E-state index in [0.717, 1.165) is 12.8 Å². The maximum absolute atomic E-state index is 11.5. The SMILES string of the molecule is CC1CS(=O)(=O)CCN1CC(NC1CC1)C(=O)O. The Labute approximate surface area is 107 Å². The van der Waals surface area contributed by atoms with Crippen LogP contribution < -0.4 is 5.32 Å². The van der Waals surface area contributed by atoms with Gasteiger partial charge in [0.05, 0.1) is 11.5 Å². The Morgan fingerprint density at radius 1 is 1.50 bits per heavy atom. The zero-order valence-electron chi connectivity index (χ0n) is 10.5. The summed E-state index contributed by atoms with van der Waals surface area (Å²) >= 11 is 0. The molecule has 0 aromatic carbocycles. The molecule has 2 unspecified atom stereocenters. The second kappa shape index (κ2) is 5.14. The first-order valence-corrected chi connectivity index (χ1v) is 8.13. The van der Waals surface area contributed by atoms with Crippen LogP contribution >= 0.6 is 0 Å². The molecule has 1 saturated carbocycles. The summed E-state index contributed by atoms with van der Waals surface area (Å²) in [4.78, 5) is 13.1. The van der Waals surface area contributed by atoms with Crippen molar-refractivity contribution in [2.24, 2.45) is 0 Å². The predicted molar refractivity (Wildman–Crippen MR) is 67.3 cm³/mol. The van der Waals surface area contributed by atoms with E-state index < -0.39 is 21.8 Å². The van der Waals surface area contributed by atoms with E-state index in [-0.39, 0.29) is 17.5 Å². The van der Waals surface area contributed by atoms with Crippen LogP contribution in [0.5, 0.6) is 0 Å². The van der Waals surface area contributed by atoms with Gasteiger partial charge >= 0.3 is 5.97 Å². The van der Waals surface area contributed by atoms with Gasteiger partial charge in [-0.1, -0.05) is 0 Å². The summed E-state index contributed by atoms with van der Waals surface area (Å²) in [6.45, 7) is 2.65. The zero-order valence-corrected chi connectivity index (χ0v) is 11.3. The summed E-state index contributed by atoms with van der Waals surface area (Å²) in [6.07, 6.45) is 2.07. The van der Waals surface area contributed by atoms with Crippen molar-refractivity contribution in [3.63, 3.8) is 0 Å². The predicted octanol–water partition coefficient (Wildman–Crippen LogP) is -0.689. The van der Waals surface area contributed by atoms with Crippen molar-refractivity contribution in [1.29, 1.82) is 0 Å². The highest BCUT2D eigenvalue weighted by molar-refractivity contribution is 7.91. The second-order valence-electron chi connectivity index (χ2n) is 5.29. The van der Waals surface area contributed by atoms with E-state index >= 15 is 0 Å². The molecule has 2 aliphatic rings. The van der Waals surface area contributed by atoms with Crippen molar-refractivity contribution in [2.75, 3.05) is 24.6 Å². The molecule has 104 valence electrons. The van der Waals surface area contributed by atoms with Gasteiger partial charge in [0, 0.05) is 25.2 Å². The number of hydrogen-bond acceptors (Lipinski definition) is 5. The molecule has 0 aromatic heterocycles. The molecule has 2 rings (SSSR count). The lowest BCUT2D eigenvalue weighted by Crippen LogP contribution is -2.54. The molecule has 0 aromatic rings. The van der Waals surface area contributed by atoms with Crippen molar-refractivity contribution in [3.05, 3.63) is 0 Å². The Balaban J connectivity index is 1.92. The van der Waals surface area contributed by atoms with Crippen molar-refractivity contribution >= 4 is 15.8 Å². The normalized spacial score (nSPS) is 29.9. The fraction of sp³-hybridized carbons (Fsp3) is 0.909. The van der Waals surface area contributed by atoms with Crippen LogP contribution in [0, 0.1) is 0 Å². The third-order valence-corrected chi connectivity index (χ3v) is 5.33. The number of rotatable bonds is 5. The minimum absolute atomic E-state index is 0.105. The standard InChI is InChI=1S/C11H20N2O4S/c1-8-7-18(16,17)5-4-13(8)6-10(11(14)15)12-9-2-3-9/h8-10,12H,2-7H2,1H3,(H,14,15). The average molecular weight is 276 g/mol. The van der Waals surface area contributed by atoms with Crippen molar-refractivity contribution in [3.8, 4) is 0 Å². The maximum atomic E-state index is 11.5. The van der Waals surface area contributed by atoms with Crippen LogP contribution in [-0.4, -0.2) is 67.1 Å². The van der Waals surface area contributed by atoms with E-state index in [1.165, 1.54) is 0 Å². The quantitative estimate of drug-likeness (QED) is 0.691. The van der Waals surface area contributed by atoms with Crippen molar-refractivity contribution in [2.45, 2.75) is 37.9 Å². The smallest absolute Gasteiger partial charge is 0.322 e. The molecule has 6 nitrogen and oxygen atoms in total. The summed E-state index contributed by atoms with van der Waals surface area (Å²) < 4.78 is 22.9. The van der Waals surface area contributed by atoms with E-state index in [0.29, 0.717) is 19.1 Å². The highest BCUT2D eigenvalue weighted by Crippen LogP contribution is 2.20. The van der Waals surface area contributed by atoms with E-state index in [4.69, 9.17) is 5.11 Å². The highest BCUT2D eigenvalue weighted by atomic mass is 32.2. The van der Waals surface area contributed by atoms with Crippen molar-refractivity contribution in [1.82, 2.24) is 10.2 Å². The van der Waals surface area contributed by atoms with Gasteiger partial charge in [-0.3, -0.25) is 9.69 Å². The topological polar surface area (TPSA) is 86.7 Å². The van der Waals surface area contributed by atoms with E-state index in [9.17, 15) is 13.2 Å². The number of carboxylic acid groups (broad SMARTS) is 1. The molecule has 0 spiro atoms. The van der Waals surface area contributed by atoms with Crippen LogP contribution in [0.3, 0.4) is 0 Å². The Hall–Kier alpha value is -0.660. The van der Waals surface area contributed by atoms with Gasteiger partial charge in [0.2, 0.25) is 0 Å². The maximum Gasteiger partial charge on any atom is 0.322 e. The van der Waals surface area contributed by atoms with Gasteiger partial charge in [-0.05, 0) is 19.8 Å². The lowest BCUT2D eigenvalue weighted by molar-refractivity contribution is -0.140. The molecule has 1 heterocycles. The summed E-state index contributed by atoms with van der Waals surface area (Å²) in [5.41, 5.74) is 0. The fourth-order valence-corrected chi connectivity index (χ4v) is 3.90. The lowest BCUT2D eigenvalue weighted by Gasteiger charge is -2.34. The first-order valence-electron chi connectivity index (χ1n) is 6.31. The number of carboxylic acids is 1. The minimum atomic E-state index is -2.94. The Morgan fingerprint density at radius 2 is 2.17 bits per heavy atom. The molecular formula is C11H20N2O4S. The highest BCUT2D eigenvalue weighted by Gasteiger charge is 2.33. The Bertz CT molecular complexity index is 419. The molecule has 2 N–H and O–H groups in total. The van der Waals surface area contributed by atoms with Gasteiger partial charge in [-0.2, -0.15) is 0 Å². The zero-order chi connectivity index (χ0) is 13.3. The number of sulfone groups is 1. The largest absolute Gasteiger partial charge is 0.480 e. The molecule has 2 atom stereocenters. The molecule has 0 radical (unpaired) electrons. The number of carbonyl (C=O) groups is 1. The van der Waals surface area contributed by atoms with Crippen LogP contribution in [0.1, 0.15) is 19.8 Å². The molecule has 0 amide bonds. The van der Waals surface area contributed by atoms with E-state index in [2.05, 4.69) is 5.32 Å². The fourth-order valence-electron chi connectivity index (χ4n) is 2.28. The molecule has 7 heteroatoms. The minimum Gasteiger partial charge on any atom is -0.480 e. The van der Waals surface area contributed by atoms with Crippen LogP contribution in [0.2, 0.25) is 0 Å². The molecule has 2 fully saturated rings. The van der Waals surface area contributed by atoms with Gasteiger partial charge in [0.1, 0.15) is 6.04 Å². The molecule has 0 bridgehead atoms. The van der Waals surface area contributed by atoms with Crippen LogP contribution in [-0.2, 0) is 14.6 Å². The van der Waals surface area contributed by atoms with Gasteiger partial charge in [-0.25, -0.2) is 8.42 Å². The first-order chi connectivity index (χ1) is 8.37. The molecule has 1 aliphatic carbocycles. The van der Waals surface area contributed by atoms with Gasteiger partial charge in [0.15, 0.2) is 9.84 Å².